The van der Waals surface area contributed by atoms with Crippen LogP contribution in [0.3, 0.4) is 0 Å². The number of nitrogens with zero attached hydrogens (tertiary/aromatic N) is 5. The number of aryl methyl sites for hydroxylation is 1. The second-order valence-electron chi connectivity index (χ2n) is 5.97. The smallest absolute Gasteiger partial charge is 0.316 e. The van der Waals surface area contributed by atoms with Gasteiger partial charge in [-0.1, -0.05) is 6.92 Å². The first kappa shape index (κ1) is 17.1. The van der Waals surface area contributed by atoms with Crippen molar-refractivity contribution in [2.75, 3.05) is 13.1 Å². The highest BCUT2D eigenvalue weighted by Crippen LogP contribution is 2.16. The molecule has 25 heavy (non-hydrogen) atoms. The monoisotopic (exact) mass is 343 g/mol. The third kappa shape index (κ3) is 4.40. The Balaban J connectivity index is 1.59. The molecule has 0 spiro atoms. The highest BCUT2D eigenvalue weighted by molar-refractivity contribution is 5.76. The molecule has 2 aromatic rings. The van der Waals surface area contributed by atoms with Crippen LogP contribution in [0.2, 0.25) is 0 Å². The quantitative estimate of drug-likeness (QED) is 0.792. The molecule has 1 aliphatic rings. The van der Waals surface area contributed by atoms with Crippen molar-refractivity contribution in [2.24, 2.45) is 0 Å². The van der Waals surface area contributed by atoms with E-state index in [9.17, 15) is 9.59 Å². The summed E-state index contributed by atoms with van der Waals surface area (Å²) in [6.45, 7) is 3.08. The summed E-state index contributed by atoms with van der Waals surface area (Å²) in [5, 5.41) is 3.92. The van der Waals surface area contributed by atoms with Crippen LogP contribution in [0.25, 0.3) is 0 Å². The van der Waals surface area contributed by atoms with Gasteiger partial charge in [0.2, 0.25) is 5.91 Å². The van der Waals surface area contributed by atoms with E-state index < -0.39 is 0 Å². The second-order valence-corrected chi connectivity index (χ2v) is 5.97. The van der Waals surface area contributed by atoms with Gasteiger partial charge in [0.15, 0.2) is 0 Å². The molecule has 0 bridgehead atoms. The zero-order valence-corrected chi connectivity index (χ0v) is 14.2. The molecule has 8 nitrogen and oxygen atoms in total. The Kier molecular flexibility index (Phi) is 5.37. The van der Waals surface area contributed by atoms with Crippen molar-refractivity contribution >= 4 is 5.91 Å². The lowest BCUT2D eigenvalue weighted by Crippen LogP contribution is -2.46. The Morgan fingerprint density at radius 1 is 1.36 bits per heavy atom. The number of ether oxygens (including phenoxy) is 1. The van der Waals surface area contributed by atoms with Crippen molar-refractivity contribution in [3.63, 3.8) is 0 Å². The van der Waals surface area contributed by atoms with Crippen molar-refractivity contribution in [1.82, 2.24) is 24.6 Å². The van der Waals surface area contributed by atoms with Crippen LogP contribution in [0, 0.1) is 0 Å². The van der Waals surface area contributed by atoms with Gasteiger partial charge in [-0.2, -0.15) is 5.10 Å². The maximum Gasteiger partial charge on any atom is 0.316 e. The molecule has 0 aliphatic carbocycles. The van der Waals surface area contributed by atoms with Crippen LogP contribution in [0.15, 0.2) is 35.5 Å². The van der Waals surface area contributed by atoms with Gasteiger partial charge in [-0.25, -0.2) is 14.6 Å². The molecule has 0 N–H and O–H groups in total. The van der Waals surface area contributed by atoms with Gasteiger partial charge in [0.1, 0.15) is 12.6 Å². The summed E-state index contributed by atoms with van der Waals surface area (Å²) in [5.74, 6) is -0.142. The van der Waals surface area contributed by atoms with Crippen LogP contribution in [-0.4, -0.2) is 49.7 Å². The molecule has 8 heteroatoms. The van der Waals surface area contributed by atoms with E-state index in [4.69, 9.17) is 4.74 Å². The maximum absolute atomic E-state index is 12.4. The number of piperidine rings is 1. The average Bonchev–Trinajstić information content (AvgIpc) is 2.64. The van der Waals surface area contributed by atoms with Crippen LogP contribution in [-0.2, 0) is 17.8 Å². The highest BCUT2D eigenvalue weighted by atomic mass is 16.5. The SMILES string of the molecule is CCc1cnc(OC2CCCN(C(=O)Cn3ncccc3=O)C2)nc1. The molecular weight excluding hydrogens is 322 g/mol. The van der Waals surface area contributed by atoms with Crippen LogP contribution in [0.1, 0.15) is 25.3 Å². The van der Waals surface area contributed by atoms with Gasteiger partial charge >= 0.3 is 6.01 Å². The molecule has 0 aromatic carbocycles. The van der Waals surface area contributed by atoms with E-state index in [0.29, 0.717) is 19.1 Å². The molecule has 1 fully saturated rings. The van der Waals surface area contributed by atoms with Crippen molar-refractivity contribution in [2.45, 2.75) is 38.8 Å². The van der Waals surface area contributed by atoms with E-state index in [0.717, 1.165) is 24.8 Å². The van der Waals surface area contributed by atoms with Gasteiger partial charge in [-0.15, -0.1) is 0 Å². The van der Waals surface area contributed by atoms with Crippen molar-refractivity contribution < 1.29 is 9.53 Å². The van der Waals surface area contributed by atoms with Gasteiger partial charge in [-0.3, -0.25) is 9.59 Å². The molecule has 2 aromatic heterocycles. The van der Waals surface area contributed by atoms with Crippen molar-refractivity contribution in [1.29, 1.82) is 0 Å². The molecule has 1 atom stereocenters. The molecule has 1 aliphatic heterocycles. The number of aromatic nitrogens is 4. The lowest BCUT2D eigenvalue weighted by atomic mass is 10.1. The fourth-order valence-corrected chi connectivity index (χ4v) is 2.73. The summed E-state index contributed by atoms with van der Waals surface area (Å²) in [4.78, 5) is 34.2. The summed E-state index contributed by atoms with van der Waals surface area (Å²) in [7, 11) is 0. The van der Waals surface area contributed by atoms with Gasteiger partial charge in [0.05, 0.1) is 6.54 Å². The summed E-state index contributed by atoms with van der Waals surface area (Å²) in [5.41, 5.74) is 0.763. The molecule has 3 rings (SSSR count). The Morgan fingerprint density at radius 3 is 2.88 bits per heavy atom. The first-order chi connectivity index (χ1) is 12.2. The van der Waals surface area contributed by atoms with Crippen LogP contribution >= 0.6 is 0 Å². The molecule has 1 unspecified atom stereocenters. The van der Waals surface area contributed by atoms with Gasteiger partial charge in [-0.05, 0) is 30.9 Å². The Bertz CT molecular complexity index is 774. The van der Waals surface area contributed by atoms with Crippen molar-refractivity contribution in [3.8, 4) is 6.01 Å². The number of carbonyl (C=O) groups is 1. The van der Waals surface area contributed by atoms with Crippen LogP contribution in [0.4, 0.5) is 0 Å². The fourth-order valence-electron chi connectivity index (χ4n) is 2.73. The first-order valence-electron chi connectivity index (χ1n) is 8.43. The van der Waals surface area contributed by atoms with E-state index in [-0.39, 0.29) is 24.1 Å². The zero-order chi connectivity index (χ0) is 17.6. The van der Waals surface area contributed by atoms with E-state index in [2.05, 4.69) is 15.1 Å². The lowest BCUT2D eigenvalue weighted by Gasteiger charge is -2.32. The Hall–Kier alpha value is -2.77. The third-order valence-corrected chi connectivity index (χ3v) is 4.16. The summed E-state index contributed by atoms with van der Waals surface area (Å²) >= 11 is 0. The maximum atomic E-state index is 12.4. The van der Waals surface area contributed by atoms with E-state index >= 15 is 0 Å². The summed E-state index contributed by atoms with van der Waals surface area (Å²) < 4.78 is 6.97. The van der Waals surface area contributed by atoms with Crippen LogP contribution < -0.4 is 10.3 Å². The van der Waals surface area contributed by atoms with Gasteiger partial charge < -0.3 is 9.64 Å². The van der Waals surface area contributed by atoms with Gasteiger partial charge in [0.25, 0.3) is 5.56 Å². The molecule has 3 heterocycles. The number of rotatable bonds is 5. The normalized spacial score (nSPS) is 17.3. The van der Waals surface area contributed by atoms with Gasteiger partial charge in [0, 0.05) is 31.2 Å². The average molecular weight is 343 g/mol. The minimum Gasteiger partial charge on any atom is -0.458 e. The minimum absolute atomic E-state index is 0.0614. The van der Waals surface area contributed by atoms with Crippen molar-refractivity contribution in [3.05, 3.63) is 46.6 Å². The molecule has 1 amide bonds. The van der Waals surface area contributed by atoms with E-state index in [1.54, 1.807) is 23.4 Å². The summed E-state index contributed by atoms with van der Waals surface area (Å²) in [6.07, 6.45) is 7.40. The lowest BCUT2D eigenvalue weighted by molar-refractivity contribution is -0.134. The second kappa shape index (κ2) is 7.87. The fraction of sp³-hybridized carbons (Fsp3) is 0.471. The number of amides is 1. The van der Waals surface area contributed by atoms with E-state index in [1.807, 2.05) is 6.92 Å². The molecular formula is C17H21N5O3. The molecule has 132 valence electrons. The standard InChI is InChI=1S/C17H21N5O3/c1-2-13-9-18-17(19-10-13)25-14-5-4-8-21(11-14)16(24)12-22-15(23)6-3-7-20-22/h3,6-7,9-10,14H,2,4-5,8,11-12H2,1H3. The zero-order valence-electron chi connectivity index (χ0n) is 14.2. The molecule has 1 saturated heterocycles. The number of likely N-dealkylation sites (tertiary alicyclic amines) is 1. The Labute approximate surface area is 145 Å². The topological polar surface area (TPSA) is 90.2 Å². The third-order valence-electron chi connectivity index (χ3n) is 4.16. The highest BCUT2D eigenvalue weighted by Gasteiger charge is 2.25. The summed E-state index contributed by atoms with van der Waals surface area (Å²) in [6, 6.07) is 3.27. The predicted octanol–water partition coefficient (Wildman–Crippen LogP) is 0.666. The Morgan fingerprint density at radius 2 is 2.16 bits per heavy atom. The minimum atomic E-state index is -0.287. The number of carbonyl (C=O) groups excluding carboxylic acids is 1. The largest absolute Gasteiger partial charge is 0.458 e. The molecule has 0 saturated carbocycles. The number of hydrogen-bond donors (Lipinski definition) is 0. The first-order valence-corrected chi connectivity index (χ1v) is 8.43. The van der Waals surface area contributed by atoms with E-state index in [1.165, 1.54) is 16.9 Å². The predicted molar refractivity (Wildman–Crippen MR) is 90.1 cm³/mol. The number of hydrogen-bond acceptors (Lipinski definition) is 6. The molecule has 0 radical (unpaired) electrons. The van der Waals surface area contributed by atoms with Crippen LogP contribution in [0.5, 0.6) is 6.01 Å².